The van der Waals surface area contributed by atoms with Crippen LogP contribution in [0.25, 0.3) is 0 Å². The minimum Gasteiger partial charge on any atom is -0.315 e. The molecule has 1 aliphatic heterocycles. The molecule has 2 rings (SSSR count). The van der Waals surface area contributed by atoms with E-state index in [0.717, 1.165) is 0 Å². The van der Waals surface area contributed by atoms with Crippen LogP contribution in [0.5, 0.6) is 0 Å². The minimum absolute atomic E-state index is 0.657. The molecule has 1 aliphatic carbocycles. The Hall–Kier alpha value is 0.270. The second kappa shape index (κ2) is 4.20. The molecule has 0 amide bonds. The summed E-state index contributed by atoms with van der Waals surface area (Å²) in [5.41, 5.74) is 0. The highest BCUT2D eigenvalue weighted by atomic mass is 32.2. The average molecular weight is 200 g/mol. The first-order valence-corrected chi connectivity index (χ1v) is 6.55. The summed E-state index contributed by atoms with van der Waals surface area (Å²) in [6.07, 6.45) is 6.48. The Morgan fingerprint density at radius 2 is 2.15 bits per heavy atom. The minimum atomic E-state index is 0.657. The molecule has 1 heterocycles. The molecule has 0 radical (unpaired) electrons. The Labute approximate surface area is 85.4 Å². The largest absolute Gasteiger partial charge is 0.315 e. The Morgan fingerprint density at radius 3 is 2.85 bits per heavy atom. The molecule has 1 N–H and O–H groups in total. The van der Waals surface area contributed by atoms with Gasteiger partial charge in [0.2, 0.25) is 0 Å². The van der Waals surface area contributed by atoms with Crippen LogP contribution in [0.4, 0.5) is 0 Å². The van der Waals surface area contributed by atoms with Gasteiger partial charge in [0.1, 0.15) is 0 Å². The van der Waals surface area contributed by atoms with Gasteiger partial charge in [0.05, 0.1) is 0 Å². The van der Waals surface area contributed by atoms with E-state index in [1.807, 2.05) is 0 Å². The molecule has 3 heteroatoms. The molecule has 1 saturated carbocycles. The maximum absolute atomic E-state index is 3.45. The van der Waals surface area contributed by atoms with Crippen molar-refractivity contribution in [3.8, 4) is 0 Å². The first kappa shape index (κ1) is 9.81. The van der Waals surface area contributed by atoms with Crippen LogP contribution in [0.1, 0.15) is 19.3 Å². The van der Waals surface area contributed by atoms with Crippen molar-refractivity contribution in [2.45, 2.75) is 24.0 Å². The molecule has 2 nitrogen and oxygen atoms in total. The Morgan fingerprint density at radius 1 is 1.31 bits per heavy atom. The smallest absolute Gasteiger partial charge is 0.0285 e. The van der Waals surface area contributed by atoms with Gasteiger partial charge in [-0.05, 0) is 38.6 Å². The lowest BCUT2D eigenvalue weighted by atomic mass is 10.3. The summed E-state index contributed by atoms with van der Waals surface area (Å²) in [5, 5.41) is 3.45. The lowest BCUT2D eigenvalue weighted by Crippen LogP contribution is -2.34. The van der Waals surface area contributed by atoms with Crippen molar-refractivity contribution in [3.05, 3.63) is 0 Å². The van der Waals surface area contributed by atoms with Gasteiger partial charge in [0.15, 0.2) is 0 Å². The average Bonchev–Trinajstić information content (AvgIpc) is 2.92. The number of rotatable bonds is 3. The predicted molar refractivity (Wildman–Crippen MR) is 59.4 cm³/mol. The van der Waals surface area contributed by atoms with Gasteiger partial charge in [0.25, 0.3) is 0 Å². The van der Waals surface area contributed by atoms with Crippen molar-refractivity contribution in [1.82, 2.24) is 10.2 Å². The standard InChI is InChI=1S/C10H20N2S/c1-13-10(3-4-10)9-12-7-2-5-11-6-8-12/h11H,2-9H2,1H3. The van der Waals surface area contributed by atoms with E-state index in [9.17, 15) is 0 Å². The van der Waals surface area contributed by atoms with E-state index < -0.39 is 0 Å². The van der Waals surface area contributed by atoms with Gasteiger partial charge in [-0.2, -0.15) is 11.8 Å². The fourth-order valence-electron chi connectivity index (χ4n) is 2.03. The molecular formula is C10H20N2S. The number of nitrogens with one attached hydrogen (secondary N) is 1. The fraction of sp³-hybridized carbons (Fsp3) is 1.00. The number of hydrogen-bond acceptors (Lipinski definition) is 3. The molecule has 0 aromatic carbocycles. The lowest BCUT2D eigenvalue weighted by molar-refractivity contribution is 0.289. The summed E-state index contributed by atoms with van der Waals surface area (Å²) >= 11 is 2.08. The third-order valence-corrected chi connectivity index (χ3v) is 4.59. The molecule has 0 spiro atoms. The van der Waals surface area contributed by atoms with Crippen LogP contribution in [-0.4, -0.2) is 48.6 Å². The SMILES string of the molecule is CSC1(CN2CCCNCC2)CC1. The van der Waals surface area contributed by atoms with E-state index in [1.165, 1.54) is 52.0 Å². The van der Waals surface area contributed by atoms with Crippen LogP contribution >= 0.6 is 11.8 Å². The fourth-order valence-corrected chi connectivity index (χ4v) is 2.86. The summed E-state index contributed by atoms with van der Waals surface area (Å²) in [7, 11) is 0. The van der Waals surface area contributed by atoms with Crippen LogP contribution in [-0.2, 0) is 0 Å². The molecule has 0 atom stereocenters. The molecule has 2 fully saturated rings. The number of nitrogens with zero attached hydrogens (tertiary/aromatic N) is 1. The molecule has 13 heavy (non-hydrogen) atoms. The summed E-state index contributed by atoms with van der Waals surface area (Å²) in [6, 6.07) is 0. The van der Waals surface area contributed by atoms with E-state index in [-0.39, 0.29) is 0 Å². The maximum atomic E-state index is 3.45. The van der Waals surface area contributed by atoms with Gasteiger partial charge in [-0.15, -0.1) is 0 Å². The monoisotopic (exact) mass is 200 g/mol. The number of hydrogen-bond donors (Lipinski definition) is 1. The van der Waals surface area contributed by atoms with Crippen molar-refractivity contribution < 1.29 is 0 Å². The highest BCUT2D eigenvalue weighted by Gasteiger charge is 2.42. The number of thioether (sulfide) groups is 1. The molecule has 2 aliphatic rings. The first-order valence-electron chi connectivity index (χ1n) is 5.33. The topological polar surface area (TPSA) is 15.3 Å². The van der Waals surface area contributed by atoms with E-state index in [1.54, 1.807) is 0 Å². The highest BCUT2D eigenvalue weighted by molar-refractivity contribution is 8.00. The van der Waals surface area contributed by atoms with E-state index in [4.69, 9.17) is 0 Å². The van der Waals surface area contributed by atoms with E-state index >= 15 is 0 Å². The summed E-state index contributed by atoms with van der Waals surface area (Å²) < 4.78 is 0.657. The quantitative estimate of drug-likeness (QED) is 0.736. The van der Waals surface area contributed by atoms with Gasteiger partial charge in [-0.3, -0.25) is 0 Å². The van der Waals surface area contributed by atoms with Crippen molar-refractivity contribution >= 4 is 11.8 Å². The van der Waals surface area contributed by atoms with Crippen LogP contribution in [0.2, 0.25) is 0 Å². The summed E-state index contributed by atoms with van der Waals surface area (Å²) in [4.78, 5) is 2.64. The molecule has 0 aromatic rings. The molecular weight excluding hydrogens is 180 g/mol. The summed E-state index contributed by atoms with van der Waals surface area (Å²) in [5.74, 6) is 0. The van der Waals surface area contributed by atoms with Gasteiger partial charge >= 0.3 is 0 Å². The molecule has 0 bridgehead atoms. The van der Waals surface area contributed by atoms with Gasteiger partial charge < -0.3 is 10.2 Å². The van der Waals surface area contributed by atoms with Gasteiger partial charge in [0, 0.05) is 24.4 Å². The van der Waals surface area contributed by atoms with Crippen molar-refractivity contribution in [3.63, 3.8) is 0 Å². The van der Waals surface area contributed by atoms with Crippen LogP contribution in [0.15, 0.2) is 0 Å². The van der Waals surface area contributed by atoms with Crippen molar-refractivity contribution in [2.75, 3.05) is 39.0 Å². The van der Waals surface area contributed by atoms with Crippen molar-refractivity contribution in [2.24, 2.45) is 0 Å². The third-order valence-electron chi connectivity index (χ3n) is 3.19. The van der Waals surface area contributed by atoms with Gasteiger partial charge in [-0.25, -0.2) is 0 Å². The molecule has 0 unspecified atom stereocenters. The normalized spacial score (nSPS) is 28.4. The third kappa shape index (κ3) is 2.61. The Kier molecular flexibility index (Phi) is 3.17. The zero-order valence-corrected chi connectivity index (χ0v) is 9.33. The Balaban J connectivity index is 1.79. The first-order chi connectivity index (χ1) is 6.35. The van der Waals surface area contributed by atoms with Crippen LogP contribution in [0, 0.1) is 0 Å². The molecule has 0 aromatic heterocycles. The van der Waals surface area contributed by atoms with E-state index in [0.29, 0.717) is 4.75 Å². The molecule has 76 valence electrons. The zero-order valence-electron chi connectivity index (χ0n) is 8.51. The maximum Gasteiger partial charge on any atom is 0.0285 e. The lowest BCUT2D eigenvalue weighted by Gasteiger charge is -2.24. The van der Waals surface area contributed by atoms with E-state index in [2.05, 4.69) is 28.2 Å². The summed E-state index contributed by atoms with van der Waals surface area (Å²) in [6.45, 7) is 6.28. The Bertz CT molecular complexity index is 160. The van der Waals surface area contributed by atoms with Crippen molar-refractivity contribution in [1.29, 1.82) is 0 Å². The molecule has 1 saturated heterocycles. The van der Waals surface area contributed by atoms with Crippen LogP contribution in [0.3, 0.4) is 0 Å². The van der Waals surface area contributed by atoms with Gasteiger partial charge in [-0.1, -0.05) is 0 Å². The second-order valence-electron chi connectivity index (χ2n) is 4.27. The zero-order chi connectivity index (χ0) is 9.15. The predicted octanol–water partition coefficient (Wildman–Crippen LogP) is 1.18. The highest BCUT2D eigenvalue weighted by Crippen LogP contribution is 2.47. The second-order valence-corrected chi connectivity index (χ2v) is 5.54. The van der Waals surface area contributed by atoms with Crippen LogP contribution < -0.4 is 5.32 Å².